The summed E-state index contributed by atoms with van der Waals surface area (Å²) in [6.07, 6.45) is 0.907. The third-order valence-corrected chi connectivity index (χ3v) is 5.63. The fourth-order valence-electron chi connectivity index (χ4n) is 3.39. The van der Waals surface area contributed by atoms with E-state index in [4.69, 9.17) is 27.9 Å². The van der Waals surface area contributed by atoms with Crippen LogP contribution in [0.25, 0.3) is 22.0 Å². The number of nitrogens with one attached hydrogen (secondary N) is 2. The number of fused-ring (bicyclic) bond motifs is 1. The van der Waals surface area contributed by atoms with Crippen molar-refractivity contribution in [3.05, 3.63) is 47.1 Å². The van der Waals surface area contributed by atoms with Crippen LogP contribution in [0.4, 0.5) is 0 Å². The zero-order chi connectivity index (χ0) is 24.2. The molecule has 33 heavy (non-hydrogen) atoms. The highest BCUT2D eigenvalue weighted by Gasteiger charge is 2.25. The number of halogens is 2. The molecule has 1 heterocycles. The zero-order valence-corrected chi connectivity index (χ0v) is 20.7. The van der Waals surface area contributed by atoms with Crippen LogP contribution in [0.5, 0.6) is 5.75 Å². The van der Waals surface area contributed by atoms with E-state index < -0.39 is 5.54 Å². The molecule has 2 N–H and O–H groups in total. The van der Waals surface area contributed by atoms with Gasteiger partial charge in [-0.05, 0) is 55.7 Å². The Morgan fingerprint density at radius 2 is 1.85 bits per heavy atom. The molecule has 3 rings (SSSR count). The van der Waals surface area contributed by atoms with Gasteiger partial charge in [-0.15, -0.1) is 11.6 Å². The average Bonchev–Trinajstić information content (AvgIpc) is 3.12. The molecule has 9 heteroatoms. The predicted octanol–water partition coefficient (Wildman–Crippen LogP) is 4.55. The van der Waals surface area contributed by atoms with Crippen molar-refractivity contribution in [1.82, 2.24) is 20.4 Å². The first-order chi connectivity index (χ1) is 15.6. The molecule has 0 bridgehead atoms. The van der Waals surface area contributed by atoms with Gasteiger partial charge in [0.2, 0.25) is 5.91 Å². The first-order valence-electron chi connectivity index (χ1n) is 10.7. The molecule has 2 aromatic carbocycles. The maximum atomic E-state index is 13.0. The molecule has 7 nitrogen and oxygen atoms in total. The molecule has 0 spiro atoms. The van der Waals surface area contributed by atoms with Gasteiger partial charge >= 0.3 is 0 Å². The van der Waals surface area contributed by atoms with E-state index in [1.807, 2.05) is 57.2 Å². The monoisotopic (exact) mass is 490 g/mol. The van der Waals surface area contributed by atoms with Gasteiger partial charge in [-0.3, -0.25) is 14.3 Å². The zero-order valence-electron chi connectivity index (χ0n) is 19.2. The molecule has 176 valence electrons. The van der Waals surface area contributed by atoms with Gasteiger partial charge in [0.25, 0.3) is 5.91 Å². The van der Waals surface area contributed by atoms with Gasteiger partial charge in [-0.1, -0.05) is 30.7 Å². The quantitative estimate of drug-likeness (QED) is 0.431. The second-order valence-corrected chi connectivity index (χ2v) is 9.12. The molecule has 0 aliphatic carbocycles. The second kappa shape index (κ2) is 10.4. The van der Waals surface area contributed by atoms with Gasteiger partial charge in [-0.25, -0.2) is 0 Å². The summed E-state index contributed by atoms with van der Waals surface area (Å²) in [4.78, 5) is 24.4. The Morgan fingerprint density at radius 3 is 2.52 bits per heavy atom. The van der Waals surface area contributed by atoms with Crippen molar-refractivity contribution < 1.29 is 14.3 Å². The van der Waals surface area contributed by atoms with Crippen LogP contribution in [0.3, 0.4) is 0 Å². The maximum absolute atomic E-state index is 13.0. The summed E-state index contributed by atoms with van der Waals surface area (Å²) < 4.78 is 7.33. The van der Waals surface area contributed by atoms with Crippen molar-refractivity contribution in [2.75, 3.05) is 19.0 Å². The number of ether oxygens (including phenoxy) is 1. The van der Waals surface area contributed by atoms with E-state index in [9.17, 15) is 9.59 Å². The van der Waals surface area contributed by atoms with Crippen LogP contribution in [0.1, 0.15) is 37.7 Å². The number of hydrogen-bond donors (Lipinski definition) is 2. The largest absolute Gasteiger partial charge is 0.492 e. The first kappa shape index (κ1) is 24.9. The van der Waals surface area contributed by atoms with E-state index in [0.717, 1.165) is 28.5 Å². The lowest BCUT2D eigenvalue weighted by Gasteiger charge is -2.26. The molecule has 0 unspecified atom stereocenters. The van der Waals surface area contributed by atoms with Crippen LogP contribution in [0, 0.1) is 0 Å². The molecule has 0 radical (unpaired) electrons. The van der Waals surface area contributed by atoms with Crippen molar-refractivity contribution in [3.63, 3.8) is 0 Å². The molecule has 0 aliphatic rings. The van der Waals surface area contributed by atoms with E-state index in [-0.39, 0.29) is 24.2 Å². The van der Waals surface area contributed by atoms with Crippen LogP contribution in [-0.2, 0) is 11.8 Å². The number of hydrogen-bond acceptors (Lipinski definition) is 4. The molecule has 0 saturated heterocycles. The fraction of sp³-hybridized carbons (Fsp3) is 0.375. The van der Waals surface area contributed by atoms with Crippen molar-refractivity contribution in [3.8, 4) is 16.9 Å². The van der Waals surface area contributed by atoms with E-state index >= 15 is 0 Å². The Morgan fingerprint density at radius 1 is 1.15 bits per heavy atom. The van der Waals surface area contributed by atoms with Crippen molar-refractivity contribution in [1.29, 1.82) is 0 Å². The summed E-state index contributed by atoms with van der Waals surface area (Å²) >= 11 is 11.9. The molecule has 2 amide bonds. The van der Waals surface area contributed by atoms with Crippen LogP contribution in [-0.4, -0.2) is 46.2 Å². The smallest absolute Gasteiger partial charge is 0.272 e. The van der Waals surface area contributed by atoms with Crippen LogP contribution in [0.15, 0.2) is 36.4 Å². The van der Waals surface area contributed by atoms with Gasteiger partial charge < -0.3 is 15.4 Å². The Balaban J connectivity index is 1.84. The van der Waals surface area contributed by atoms with Crippen LogP contribution >= 0.6 is 23.2 Å². The van der Waals surface area contributed by atoms with Crippen molar-refractivity contribution in [2.45, 2.75) is 32.7 Å². The summed E-state index contributed by atoms with van der Waals surface area (Å²) in [5.41, 5.74) is 2.34. The first-order valence-corrected chi connectivity index (χ1v) is 11.6. The summed E-state index contributed by atoms with van der Waals surface area (Å²) in [5.74, 6) is -0.0804. The number of benzene rings is 2. The number of rotatable bonds is 9. The number of alkyl halides is 1. The maximum Gasteiger partial charge on any atom is 0.272 e. The van der Waals surface area contributed by atoms with Crippen LogP contribution in [0.2, 0.25) is 5.02 Å². The molecule has 3 aromatic rings. The van der Waals surface area contributed by atoms with Gasteiger partial charge in [0.1, 0.15) is 11.6 Å². The second-order valence-electron chi connectivity index (χ2n) is 8.45. The number of carbonyl (C=O) groups excluding carboxylic acids is 2. The topological polar surface area (TPSA) is 85.2 Å². The van der Waals surface area contributed by atoms with E-state index in [1.54, 1.807) is 11.7 Å². The summed E-state index contributed by atoms with van der Waals surface area (Å²) in [6, 6.07) is 11.5. The Hall–Kier alpha value is -2.77. The summed E-state index contributed by atoms with van der Waals surface area (Å²) in [6.45, 7) is 6.54. The molecular weight excluding hydrogens is 463 g/mol. The fourth-order valence-corrected chi connectivity index (χ4v) is 3.72. The summed E-state index contributed by atoms with van der Waals surface area (Å²) in [5, 5.41) is 11.3. The van der Waals surface area contributed by atoms with E-state index in [1.165, 1.54) is 0 Å². The molecular formula is C24H28Cl2N4O3. The van der Waals surface area contributed by atoms with Gasteiger partial charge in [-0.2, -0.15) is 5.10 Å². The van der Waals surface area contributed by atoms with E-state index in [2.05, 4.69) is 15.7 Å². The third-order valence-electron chi connectivity index (χ3n) is 5.09. The number of carbonyl (C=O) groups is 2. The Bertz CT molecular complexity index is 1170. The highest BCUT2D eigenvalue weighted by atomic mass is 35.5. The molecule has 1 aromatic heterocycles. The number of aromatic nitrogens is 2. The number of nitrogens with zero attached hydrogens (tertiary/aromatic N) is 2. The van der Waals surface area contributed by atoms with Crippen molar-refractivity contribution >= 4 is 45.9 Å². The standard InChI is InChI=1S/C24H28Cl2N4O3/c1-5-10-33-20-9-7-15(11-18(20)26)16-6-8-17-19(12-16)30(4)29-22(17)23(32)28-24(2,3)14-27-21(31)13-25/h6-9,11-12H,5,10,13-14H2,1-4H3,(H,27,31)(H,28,32). The lowest BCUT2D eigenvalue weighted by atomic mass is 10.0. The van der Waals surface area contributed by atoms with Gasteiger partial charge in [0, 0.05) is 19.0 Å². The molecule has 0 fully saturated rings. The minimum absolute atomic E-state index is 0.128. The minimum Gasteiger partial charge on any atom is -0.492 e. The predicted molar refractivity (Wildman–Crippen MR) is 132 cm³/mol. The van der Waals surface area contributed by atoms with E-state index in [0.29, 0.717) is 23.1 Å². The minimum atomic E-state index is -0.680. The lowest BCUT2D eigenvalue weighted by Crippen LogP contribution is -2.51. The Kier molecular flexibility index (Phi) is 7.87. The lowest BCUT2D eigenvalue weighted by molar-refractivity contribution is -0.118. The van der Waals surface area contributed by atoms with Gasteiger partial charge in [0.15, 0.2) is 5.69 Å². The third kappa shape index (κ3) is 5.97. The number of aryl methyl sites for hydroxylation is 1. The molecule has 0 saturated carbocycles. The van der Waals surface area contributed by atoms with Crippen LogP contribution < -0.4 is 15.4 Å². The number of amides is 2. The average molecular weight is 491 g/mol. The Labute approximate surface area is 203 Å². The molecule has 0 atom stereocenters. The normalized spacial score (nSPS) is 11.5. The van der Waals surface area contributed by atoms with Crippen molar-refractivity contribution in [2.24, 2.45) is 7.05 Å². The summed E-state index contributed by atoms with van der Waals surface area (Å²) in [7, 11) is 1.80. The SMILES string of the molecule is CCCOc1ccc(-c2ccc3c(C(=O)NC(C)(C)CNC(=O)CCl)nn(C)c3c2)cc1Cl. The molecule has 0 aliphatic heterocycles. The highest BCUT2D eigenvalue weighted by Crippen LogP contribution is 2.32. The van der Waals surface area contributed by atoms with Gasteiger partial charge in [0.05, 0.1) is 22.7 Å². The highest BCUT2D eigenvalue weighted by molar-refractivity contribution is 6.32.